The zero-order chi connectivity index (χ0) is 19.3. The number of esters is 1. The highest BCUT2D eigenvalue weighted by atomic mass is 35.5. The van der Waals surface area contributed by atoms with Gasteiger partial charge in [-0.05, 0) is 48.9 Å². The van der Waals surface area contributed by atoms with Crippen LogP contribution < -0.4 is 4.74 Å². The molecular formula is C18H20ClNO5S. The summed E-state index contributed by atoms with van der Waals surface area (Å²) in [5.41, 5.74) is 0.839. The Hall–Kier alpha value is -2.09. The fourth-order valence-electron chi connectivity index (χ4n) is 2.09. The van der Waals surface area contributed by atoms with Gasteiger partial charge in [-0.1, -0.05) is 17.7 Å². The summed E-state index contributed by atoms with van der Waals surface area (Å²) >= 11 is 5.79. The van der Waals surface area contributed by atoms with Crippen molar-refractivity contribution in [2.75, 3.05) is 27.3 Å². The molecule has 0 unspecified atom stereocenters. The molecule has 0 fully saturated rings. The maximum Gasteiger partial charge on any atom is 0.338 e. The minimum atomic E-state index is -3.62. The fraction of sp³-hybridized carbons (Fsp3) is 0.278. The van der Waals surface area contributed by atoms with Crippen LogP contribution in [-0.4, -0.2) is 46.0 Å². The smallest absolute Gasteiger partial charge is 0.338 e. The molecule has 0 aliphatic rings. The number of halogens is 1. The van der Waals surface area contributed by atoms with E-state index in [9.17, 15) is 13.2 Å². The van der Waals surface area contributed by atoms with Crippen molar-refractivity contribution in [2.45, 2.75) is 11.8 Å². The molecular weight excluding hydrogens is 378 g/mol. The molecule has 2 aromatic carbocycles. The van der Waals surface area contributed by atoms with Gasteiger partial charge in [0.1, 0.15) is 19.0 Å². The number of nitrogens with zero attached hydrogens (tertiary/aromatic N) is 1. The summed E-state index contributed by atoms with van der Waals surface area (Å²) in [5.74, 6) is 0.0127. The third kappa shape index (κ3) is 4.97. The molecule has 0 atom stereocenters. The summed E-state index contributed by atoms with van der Waals surface area (Å²) in [7, 11) is -0.761. The Morgan fingerprint density at radius 2 is 1.73 bits per heavy atom. The van der Waals surface area contributed by atoms with Gasteiger partial charge in [0.15, 0.2) is 0 Å². The number of benzene rings is 2. The molecule has 0 bridgehead atoms. The number of carbonyl (C=O) groups excluding carboxylic acids is 1. The molecule has 0 aromatic heterocycles. The molecule has 0 heterocycles. The Morgan fingerprint density at radius 3 is 2.35 bits per heavy atom. The monoisotopic (exact) mass is 397 g/mol. The van der Waals surface area contributed by atoms with Gasteiger partial charge >= 0.3 is 5.97 Å². The van der Waals surface area contributed by atoms with E-state index in [4.69, 9.17) is 21.1 Å². The molecule has 8 heteroatoms. The molecule has 2 aromatic rings. The van der Waals surface area contributed by atoms with Gasteiger partial charge < -0.3 is 9.47 Å². The first kappa shape index (κ1) is 20.2. The van der Waals surface area contributed by atoms with Crippen molar-refractivity contribution in [3.63, 3.8) is 0 Å². The van der Waals surface area contributed by atoms with E-state index in [1.165, 1.54) is 26.2 Å². The summed E-state index contributed by atoms with van der Waals surface area (Å²) in [6.07, 6.45) is 0. The van der Waals surface area contributed by atoms with E-state index in [1.807, 2.05) is 0 Å². The van der Waals surface area contributed by atoms with E-state index in [-0.39, 0.29) is 23.7 Å². The summed E-state index contributed by atoms with van der Waals surface area (Å²) in [6.45, 7) is 1.92. The van der Waals surface area contributed by atoms with Gasteiger partial charge in [0.25, 0.3) is 0 Å². The predicted octanol–water partition coefficient (Wildman–Crippen LogP) is 3.13. The number of aryl methyl sites for hydroxylation is 1. The third-order valence-electron chi connectivity index (χ3n) is 3.61. The van der Waals surface area contributed by atoms with Crippen molar-refractivity contribution in [2.24, 2.45) is 0 Å². The van der Waals surface area contributed by atoms with Crippen molar-refractivity contribution in [3.8, 4) is 5.75 Å². The summed E-state index contributed by atoms with van der Waals surface area (Å²) in [5, 5.41) is 0.604. The minimum Gasteiger partial charge on any atom is -0.490 e. The highest BCUT2D eigenvalue weighted by Crippen LogP contribution is 2.19. The average Bonchev–Trinajstić information content (AvgIpc) is 2.60. The number of carbonyl (C=O) groups is 1. The van der Waals surface area contributed by atoms with Crippen molar-refractivity contribution in [3.05, 3.63) is 58.6 Å². The van der Waals surface area contributed by atoms with Crippen LogP contribution in [0.25, 0.3) is 0 Å². The normalized spacial score (nSPS) is 11.4. The molecule has 140 valence electrons. The minimum absolute atomic E-state index is 0.0333. The fourth-order valence-corrected chi connectivity index (χ4v) is 3.15. The van der Waals surface area contributed by atoms with E-state index in [1.54, 1.807) is 37.3 Å². The molecule has 0 aliphatic carbocycles. The molecule has 0 saturated heterocycles. The lowest BCUT2D eigenvalue weighted by molar-refractivity contribution is 0.0449. The zero-order valence-electron chi connectivity index (χ0n) is 14.7. The molecule has 0 N–H and O–H groups in total. The maximum absolute atomic E-state index is 12.3. The molecule has 6 nitrogen and oxygen atoms in total. The van der Waals surface area contributed by atoms with Gasteiger partial charge in [-0.25, -0.2) is 17.5 Å². The van der Waals surface area contributed by atoms with Crippen LogP contribution in [0.2, 0.25) is 5.02 Å². The summed E-state index contributed by atoms with van der Waals surface area (Å²) in [4.78, 5) is 12.3. The first-order valence-electron chi connectivity index (χ1n) is 7.80. The van der Waals surface area contributed by atoms with Gasteiger partial charge in [0.2, 0.25) is 10.0 Å². The van der Waals surface area contributed by atoms with Gasteiger partial charge in [0.05, 0.1) is 10.5 Å². The van der Waals surface area contributed by atoms with E-state index in [2.05, 4.69) is 0 Å². The lowest BCUT2D eigenvalue weighted by Crippen LogP contribution is -2.23. The number of hydrogen-bond donors (Lipinski definition) is 0. The standard InChI is InChI=1S/C18H20ClNO5S/c1-13-4-9-16(26(22,23)20(2)3)12-17(13)18(21)25-11-10-24-15-7-5-14(19)6-8-15/h4-9,12H,10-11H2,1-3H3. The van der Waals surface area contributed by atoms with Gasteiger partial charge in [-0.2, -0.15) is 0 Å². The van der Waals surface area contributed by atoms with Crippen LogP contribution in [0.5, 0.6) is 5.75 Å². The number of sulfonamides is 1. The molecule has 0 radical (unpaired) electrons. The van der Waals surface area contributed by atoms with Gasteiger partial charge in [-0.15, -0.1) is 0 Å². The molecule has 0 amide bonds. The molecule has 0 spiro atoms. The Kier molecular flexibility index (Phi) is 6.63. The second kappa shape index (κ2) is 8.53. The first-order chi connectivity index (χ1) is 12.2. The second-order valence-electron chi connectivity index (χ2n) is 5.70. The highest BCUT2D eigenvalue weighted by Gasteiger charge is 2.20. The quantitative estimate of drug-likeness (QED) is 0.530. The van der Waals surface area contributed by atoms with Crippen LogP contribution in [0.15, 0.2) is 47.4 Å². The van der Waals surface area contributed by atoms with Crippen LogP contribution in [0, 0.1) is 6.92 Å². The van der Waals surface area contributed by atoms with E-state index < -0.39 is 16.0 Å². The van der Waals surface area contributed by atoms with E-state index in [0.29, 0.717) is 16.3 Å². The summed E-state index contributed by atoms with van der Waals surface area (Å²) in [6, 6.07) is 11.2. The van der Waals surface area contributed by atoms with Crippen LogP contribution in [-0.2, 0) is 14.8 Å². The van der Waals surface area contributed by atoms with Crippen molar-refractivity contribution >= 4 is 27.6 Å². The van der Waals surface area contributed by atoms with Crippen molar-refractivity contribution in [1.29, 1.82) is 0 Å². The van der Waals surface area contributed by atoms with E-state index >= 15 is 0 Å². The Labute approximate surface area is 158 Å². The Balaban J connectivity index is 1.99. The number of rotatable bonds is 7. The topological polar surface area (TPSA) is 72.9 Å². The van der Waals surface area contributed by atoms with Crippen molar-refractivity contribution < 1.29 is 22.7 Å². The third-order valence-corrected chi connectivity index (χ3v) is 5.67. The molecule has 2 rings (SSSR count). The largest absolute Gasteiger partial charge is 0.490 e. The van der Waals surface area contributed by atoms with Gasteiger partial charge in [0, 0.05) is 19.1 Å². The Morgan fingerprint density at radius 1 is 1.08 bits per heavy atom. The van der Waals surface area contributed by atoms with E-state index in [0.717, 1.165) is 4.31 Å². The zero-order valence-corrected chi connectivity index (χ0v) is 16.3. The lowest BCUT2D eigenvalue weighted by atomic mass is 10.1. The molecule has 0 saturated carbocycles. The predicted molar refractivity (Wildman–Crippen MR) is 99.3 cm³/mol. The van der Waals surface area contributed by atoms with Crippen LogP contribution >= 0.6 is 11.6 Å². The maximum atomic E-state index is 12.3. The van der Waals surface area contributed by atoms with Crippen molar-refractivity contribution in [1.82, 2.24) is 4.31 Å². The Bertz CT molecular complexity index is 879. The second-order valence-corrected chi connectivity index (χ2v) is 8.29. The summed E-state index contributed by atoms with van der Waals surface area (Å²) < 4.78 is 36.1. The highest BCUT2D eigenvalue weighted by molar-refractivity contribution is 7.89. The number of hydrogen-bond acceptors (Lipinski definition) is 5. The average molecular weight is 398 g/mol. The van der Waals surface area contributed by atoms with Crippen LogP contribution in [0.3, 0.4) is 0 Å². The lowest BCUT2D eigenvalue weighted by Gasteiger charge is -2.13. The SMILES string of the molecule is Cc1ccc(S(=O)(=O)N(C)C)cc1C(=O)OCCOc1ccc(Cl)cc1. The number of ether oxygens (including phenoxy) is 2. The molecule has 0 aliphatic heterocycles. The van der Waals surface area contributed by atoms with Gasteiger partial charge in [-0.3, -0.25) is 0 Å². The van der Waals surface area contributed by atoms with Crippen LogP contribution in [0.1, 0.15) is 15.9 Å². The molecule has 26 heavy (non-hydrogen) atoms. The van der Waals surface area contributed by atoms with Crippen LogP contribution in [0.4, 0.5) is 0 Å². The first-order valence-corrected chi connectivity index (χ1v) is 9.62.